The van der Waals surface area contributed by atoms with Crippen LogP contribution in [0, 0.1) is 0 Å². The van der Waals surface area contributed by atoms with E-state index in [0.29, 0.717) is 21.8 Å². The average Bonchev–Trinajstić information content (AvgIpc) is 2.82. The van der Waals surface area contributed by atoms with E-state index in [1.807, 2.05) is 0 Å². The van der Waals surface area contributed by atoms with Gasteiger partial charge >= 0.3 is 0 Å². The first-order chi connectivity index (χ1) is 9.54. The van der Waals surface area contributed by atoms with Gasteiger partial charge in [0.15, 0.2) is 0 Å². The number of anilines is 1. The molecule has 1 N–H and O–H groups in total. The van der Waals surface area contributed by atoms with Crippen LogP contribution in [0.4, 0.5) is 17.1 Å². The molecule has 1 saturated heterocycles. The van der Waals surface area contributed by atoms with E-state index in [-0.39, 0.29) is 12.2 Å². The second-order valence-electron chi connectivity index (χ2n) is 5.25. The van der Waals surface area contributed by atoms with Gasteiger partial charge in [-0.05, 0) is 32.8 Å². The van der Waals surface area contributed by atoms with E-state index < -0.39 is 0 Å². The van der Waals surface area contributed by atoms with Gasteiger partial charge < -0.3 is 10.1 Å². The molecule has 0 aromatic heterocycles. The standard InChI is InChI=1S/C13H15Cl2N3OS/c1-6-3-8(4-7(2)19-6)16-11-9(14)5-10(15)12-13(11)18-20-17-12/h5-8,16H,3-4H2,1-2H3. The summed E-state index contributed by atoms with van der Waals surface area (Å²) in [4.78, 5) is 0. The molecule has 2 aliphatic rings. The fourth-order valence-corrected chi connectivity index (χ4v) is 3.91. The summed E-state index contributed by atoms with van der Waals surface area (Å²) in [7, 11) is 0. The Morgan fingerprint density at radius 3 is 2.50 bits per heavy atom. The highest BCUT2D eigenvalue weighted by molar-refractivity contribution is 7.58. The lowest BCUT2D eigenvalue weighted by Crippen LogP contribution is -2.36. The quantitative estimate of drug-likeness (QED) is 0.833. The second kappa shape index (κ2) is 5.64. The summed E-state index contributed by atoms with van der Waals surface area (Å²) in [6, 6.07) is 2.04. The second-order valence-corrected chi connectivity index (χ2v) is 6.59. The highest BCUT2D eigenvalue weighted by atomic mass is 35.5. The van der Waals surface area contributed by atoms with Crippen LogP contribution in [0.25, 0.3) is 0 Å². The maximum Gasteiger partial charge on any atom is 0.130 e. The maximum absolute atomic E-state index is 6.32. The number of benzene rings is 1. The van der Waals surface area contributed by atoms with Crippen LogP contribution in [0.5, 0.6) is 0 Å². The van der Waals surface area contributed by atoms with Gasteiger partial charge in [0.25, 0.3) is 0 Å². The van der Waals surface area contributed by atoms with Crippen molar-refractivity contribution in [3.8, 4) is 0 Å². The predicted octanol–water partition coefficient (Wildman–Crippen LogP) is 5.09. The molecule has 0 amide bonds. The van der Waals surface area contributed by atoms with Crippen LogP contribution in [0.15, 0.2) is 14.8 Å². The Hall–Kier alpha value is -0.620. The zero-order chi connectivity index (χ0) is 14.3. The molecule has 2 atom stereocenters. The number of hydrogen-bond donors (Lipinski definition) is 1. The number of halogens is 2. The number of ether oxygens (including phenoxy) is 1. The molecule has 7 heteroatoms. The molecule has 108 valence electrons. The van der Waals surface area contributed by atoms with Crippen LogP contribution in [0.1, 0.15) is 26.7 Å². The van der Waals surface area contributed by atoms with Gasteiger partial charge in [-0.3, -0.25) is 0 Å². The Bertz CT molecular complexity index is 606. The smallest absolute Gasteiger partial charge is 0.130 e. The van der Waals surface area contributed by atoms with Gasteiger partial charge in [-0.2, -0.15) is 8.73 Å². The molecule has 1 fully saturated rings. The third kappa shape index (κ3) is 2.72. The average molecular weight is 332 g/mol. The number of rotatable bonds is 2. The SMILES string of the molecule is CC1CC(Nc2c(Cl)cc(Cl)c3c2N=S=N3)CC(C)O1. The van der Waals surface area contributed by atoms with E-state index in [2.05, 4.69) is 27.9 Å². The fourth-order valence-electron chi connectivity index (χ4n) is 2.74. The van der Waals surface area contributed by atoms with Crippen molar-refractivity contribution in [3.05, 3.63) is 16.1 Å². The molecule has 1 aromatic carbocycles. The van der Waals surface area contributed by atoms with Crippen molar-refractivity contribution in [3.63, 3.8) is 0 Å². The van der Waals surface area contributed by atoms with Gasteiger partial charge in [0, 0.05) is 6.04 Å². The molecule has 0 aliphatic carbocycles. The van der Waals surface area contributed by atoms with Gasteiger partial charge in [0.1, 0.15) is 11.4 Å². The van der Waals surface area contributed by atoms with E-state index in [4.69, 9.17) is 27.9 Å². The normalized spacial score (nSPS) is 28.1. The molecule has 0 spiro atoms. The Balaban J connectivity index is 1.88. The topological polar surface area (TPSA) is 46.0 Å². The number of nitrogens with one attached hydrogen (secondary N) is 1. The van der Waals surface area contributed by atoms with Gasteiger partial charge in [-0.1, -0.05) is 23.2 Å². The third-order valence-corrected chi connectivity index (χ3v) is 4.60. The van der Waals surface area contributed by atoms with E-state index in [1.165, 1.54) is 0 Å². The van der Waals surface area contributed by atoms with Crippen LogP contribution in [-0.2, 0) is 16.1 Å². The molecule has 2 heterocycles. The summed E-state index contributed by atoms with van der Waals surface area (Å²) in [5, 5.41) is 4.62. The molecule has 1 aromatic rings. The first-order valence-corrected chi connectivity index (χ1v) is 8.05. The van der Waals surface area contributed by atoms with Crippen molar-refractivity contribution in [2.75, 3.05) is 5.32 Å². The van der Waals surface area contributed by atoms with Crippen LogP contribution in [0.2, 0.25) is 10.0 Å². The molecular formula is C13H15Cl2N3OS. The van der Waals surface area contributed by atoms with Crippen molar-refractivity contribution in [1.29, 1.82) is 0 Å². The van der Waals surface area contributed by atoms with Crippen molar-refractivity contribution in [2.45, 2.75) is 44.9 Å². The predicted molar refractivity (Wildman–Crippen MR) is 84.7 cm³/mol. The van der Waals surface area contributed by atoms with E-state index in [1.54, 1.807) is 6.07 Å². The summed E-state index contributed by atoms with van der Waals surface area (Å²) >= 11 is 13.6. The van der Waals surface area contributed by atoms with Crippen LogP contribution in [-0.4, -0.2) is 18.2 Å². The molecule has 2 unspecified atom stereocenters. The Kier molecular flexibility index (Phi) is 4.04. The number of fused-ring (bicyclic) bond motifs is 1. The number of hydrogen-bond acceptors (Lipinski definition) is 4. The van der Waals surface area contributed by atoms with Crippen molar-refractivity contribution in [2.24, 2.45) is 8.73 Å². The Morgan fingerprint density at radius 1 is 1.15 bits per heavy atom. The first kappa shape index (κ1) is 14.3. The first-order valence-electron chi connectivity index (χ1n) is 6.57. The molecular weight excluding hydrogens is 317 g/mol. The number of nitrogens with zero attached hydrogens (tertiary/aromatic N) is 2. The molecule has 0 radical (unpaired) electrons. The maximum atomic E-state index is 6.32. The summed E-state index contributed by atoms with van der Waals surface area (Å²) in [5.74, 6) is 0. The minimum atomic E-state index is 0.242. The van der Waals surface area contributed by atoms with E-state index in [0.717, 1.165) is 35.6 Å². The Labute approximate surface area is 131 Å². The zero-order valence-corrected chi connectivity index (χ0v) is 13.5. The summed E-state index contributed by atoms with van der Waals surface area (Å²) in [6.45, 7) is 4.18. The van der Waals surface area contributed by atoms with Gasteiger partial charge in [0.2, 0.25) is 0 Å². The van der Waals surface area contributed by atoms with Crippen LogP contribution < -0.4 is 5.32 Å². The lowest BCUT2D eigenvalue weighted by molar-refractivity contribution is -0.0337. The molecule has 2 aliphatic heterocycles. The van der Waals surface area contributed by atoms with Gasteiger partial charge in [-0.15, -0.1) is 0 Å². The van der Waals surface area contributed by atoms with Crippen molar-refractivity contribution >= 4 is 51.6 Å². The summed E-state index contributed by atoms with van der Waals surface area (Å²) in [5.41, 5.74) is 2.28. The lowest BCUT2D eigenvalue weighted by atomic mass is 9.99. The molecule has 20 heavy (non-hydrogen) atoms. The van der Waals surface area contributed by atoms with Crippen molar-refractivity contribution < 1.29 is 4.74 Å². The van der Waals surface area contributed by atoms with E-state index in [9.17, 15) is 0 Å². The van der Waals surface area contributed by atoms with Crippen LogP contribution >= 0.6 is 23.2 Å². The molecule has 0 saturated carbocycles. The monoisotopic (exact) mass is 331 g/mol. The highest BCUT2D eigenvalue weighted by Gasteiger charge is 2.27. The van der Waals surface area contributed by atoms with Gasteiger partial charge in [-0.25, -0.2) is 0 Å². The summed E-state index contributed by atoms with van der Waals surface area (Å²) < 4.78 is 14.3. The minimum Gasteiger partial charge on any atom is -0.379 e. The zero-order valence-electron chi connectivity index (χ0n) is 11.2. The molecule has 0 bridgehead atoms. The minimum absolute atomic E-state index is 0.242. The largest absolute Gasteiger partial charge is 0.379 e. The van der Waals surface area contributed by atoms with Crippen LogP contribution in [0.3, 0.4) is 0 Å². The lowest BCUT2D eigenvalue weighted by Gasteiger charge is -2.33. The van der Waals surface area contributed by atoms with E-state index >= 15 is 0 Å². The third-order valence-electron chi connectivity index (χ3n) is 3.49. The fraction of sp³-hybridized carbons (Fsp3) is 0.538. The Morgan fingerprint density at radius 2 is 1.80 bits per heavy atom. The molecule has 3 rings (SSSR count). The molecule has 4 nitrogen and oxygen atoms in total. The summed E-state index contributed by atoms with van der Waals surface area (Å²) in [6.07, 6.45) is 2.38. The van der Waals surface area contributed by atoms with Gasteiger partial charge in [0.05, 0.1) is 39.3 Å². The van der Waals surface area contributed by atoms with Crippen molar-refractivity contribution in [1.82, 2.24) is 0 Å². The highest BCUT2D eigenvalue weighted by Crippen LogP contribution is 2.48.